The summed E-state index contributed by atoms with van der Waals surface area (Å²) in [4.78, 5) is 2.53. The van der Waals surface area contributed by atoms with Gasteiger partial charge >= 0.3 is 0 Å². The molecular weight excluding hydrogens is 605 g/mol. The van der Waals surface area contributed by atoms with Crippen LogP contribution >= 0.6 is 0 Å². The van der Waals surface area contributed by atoms with Crippen LogP contribution in [0.3, 0.4) is 0 Å². The van der Waals surface area contributed by atoms with Crippen LogP contribution in [0.2, 0.25) is 0 Å². The second-order valence-electron chi connectivity index (χ2n) is 13.3. The average molecular weight is 643 g/mol. The van der Waals surface area contributed by atoms with Gasteiger partial charge in [-0.15, -0.1) is 0 Å². The van der Waals surface area contributed by atoms with Gasteiger partial charge in [-0.3, -0.25) is 0 Å². The van der Waals surface area contributed by atoms with Gasteiger partial charge in [0.1, 0.15) is 0 Å². The highest BCUT2D eigenvalue weighted by atomic mass is 15.2. The molecular formula is C48H38N2. The summed E-state index contributed by atoms with van der Waals surface area (Å²) < 4.78 is 2.39. The van der Waals surface area contributed by atoms with Gasteiger partial charge in [-0.2, -0.15) is 0 Å². The number of anilines is 1. The van der Waals surface area contributed by atoms with Crippen molar-refractivity contribution in [3.8, 4) is 16.8 Å². The average Bonchev–Trinajstić information content (AvgIpc) is 3.54. The summed E-state index contributed by atoms with van der Waals surface area (Å²) in [7, 11) is 0. The van der Waals surface area contributed by atoms with E-state index in [1.165, 1.54) is 66.7 Å². The molecule has 9 rings (SSSR count). The van der Waals surface area contributed by atoms with Gasteiger partial charge in [-0.05, 0) is 83.1 Å². The lowest BCUT2D eigenvalue weighted by Crippen LogP contribution is -2.34. The van der Waals surface area contributed by atoms with Gasteiger partial charge in [0, 0.05) is 33.8 Å². The maximum Gasteiger partial charge on any atom is 0.0560 e. The number of rotatable bonds is 7. The molecule has 240 valence electrons. The number of allylic oxidation sites excluding steroid dienone is 5. The SMILES string of the molecule is C1=CC(N(c2ccc(-c3ccccc3)cc2)C2C=CC(c3ccccc3)=CC2)=CC(c2ccc(-n3c4ccccc4c4ccccc43)cc2)C1. The summed E-state index contributed by atoms with van der Waals surface area (Å²) in [5.74, 6) is 0.288. The fourth-order valence-electron chi connectivity index (χ4n) is 7.75. The van der Waals surface area contributed by atoms with Crippen LogP contribution in [0.15, 0.2) is 200 Å². The fraction of sp³-hybridized carbons (Fsp3) is 0.0833. The van der Waals surface area contributed by atoms with Crippen molar-refractivity contribution in [3.05, 3.63) is 211 Å². The molecule has 0 saturated heterocycles. The van der Waals surface area contributed by atoms with Gasteiger partial charge in [-0.25, -0.2) is 0 Å². The highest BCUT2D eigenvalue weighted by Crippen LogP contribution is 2.37. The minimum Gasteiger partial charge on any atom is -0.334 e. The Labute approximate surface area is 294 Å². The Morgan fingerprint density at radius 2 is 1.12 bits per heavy atom. The van der Waals surface area contributed by atoms with E-state index in [2.05, 4.69) is 204 Å². The second kappa shape index (κ2) is 13.1. The molecule has 0 spiro atoms. The van der Waals surface area contributed by atoms with Crippen molar-refractivity contribution in [2.45, 2.75) is 24.8 Å². The number of para-hydroxylation sites is 2. The smallest absolute Gasteiger partial charge is 0.0560 e. The van der Waals surface area contributed by atoms with Gasteiger partial charge in [0.05, 0.1) is 17.1 Å². The molecule has 1 heterocycles. The van der Waals surface area contributed by atoms with Crippen molar-refractivity contribution >= 4 is 33.1 Å². The third kappa shape index (κ3) is 5.59. The summed E-state index contributed by atoms with van der Waals surface area (Å²) in [5.41, 5.74) is 12.5. The molecule has 2 atom stereocenters. The van der Waals surface area contributed by atoms with Crippen molar-refractivity contribution in [1.82, 2.24) is 4.57 Å². The molecule has 0 amide bonds. The van der Waals surface area contributed by atoms with Crippen LogP contribution < -0.4 is 4.90 Å². The van der Waals surface area contributed by atoms with Gasteiger partial charge in [0.25, 0.3) is 0 Å². The normalized spacial score (nSPS) is 17.1. The molecule has 0 fully saturated rings. The van der Waals surface area contributed by atoms with E-state index in [4.69, 9.17) is 0 Å². The first-order valence-corrected chi connectivity index (χ1v) is 17.7. The van der Waals surface area contributed by atoms with Gasteiger partial charge in [-0.1, -0.05) is 152 Å². The maximum absolute atomic E-state index is 2.53. The molecule has 2 heteroatoms. The molecule has 1 aromatic heterocycles. The van der Waals surface area contributed by atoms with Crippen molar-refractivity contribution in [1.29, 1.82) is 0 Å². The lowest BCUT2D eigenvalue weighted by atomic mass is 9.89. The molecule has 0 N–H and O–H groups in total. The Morgan fingerprint density at radius 3 is 1.76 bits per heavy atom. The third-order valence-electron chi connectivity index (χ3n) is 10.3. The Hall–Kier alpha value is -6.12. The number of aromatic nitrogens is 1. The largest absolute Gasteiger partial charge is 0.334 e. The quantitative estimate of drug-likeness (QED) is 0.168. The molecule has 2 aliphatic rings. The van der Waals surface area contributed by atoms with E-state index >= 15 is 0 Å². The zero-order valence-electron chi connectivity index (χ0n) is 27.9. The predicted octanol–water partition coefficient (Wildman–Crippen LogP) is 12.3. The molecule has 0 aliphatic heterocycles. The van der Waals surface area contributed by atoms with Crippen LogP contribution in [-0.4, -0.2) is 10.6 Å². The Kier molecular flexibility index (Phi) is 7.83. The highest BCUT2D eigenvalue weighted by molar-refractivity contribution is 6.09. The minimum atomic E-state index is 0.206. The third-order valence-corrected chi connectivity index (χ3v) is 10.3. The number of hydrogen-bond donors (Lipinski definition) is 0. The molecule has 6 aromatic carbocycles. The number of hydrogen-bond acceptors (Lipinski definition) is 1. The number of fused-ring (bicyclic) bond motifs is 3. The first-order valence-electron chi connectivity index (χ1n) is 17.7. The first kappa shape index (κ1) is 30.0. The molecule has 50 heavy (non-hydrogen) atoms. The van der Waals surface area contributed by atoms with Gasteiger partial charge in [0.15, 0.2) is 0 Å². The zero-order chi connectivity index (χ0) is 33.3. The topological polar surface area (TPSA) is 8.17 Å². The van der Waals surface area contributed by atoms with Crippen molar-refractivity contribution in [3.63, 3.8) is 0 Å². The summed E-state index contributed by atoms with van der Waals surface area (Å²) in [6, 6.07) is 57.3. The Bertz CT molecular complexity index is 2350. The van der Waals surface area contributed by atoms with Crippen LogP contribution in [0, 0.1) is 0 Å². The predicted molar refractivity (Wildman–Crippen MR) is 212 cm³/mol. The molecule has 2 unspecified atom stereocenters. The van der Waals surface area contributed by atoms with Crippen molar-refractivity contribution in [2.75, 3.05) is 4.90 Å². The summed E-state index contributed by atoms with van der Waals surface area (Å²) in [5, 5.41) is 2.58. The van der Waals surface area contributed by atoms with Crippen molar-refractivity contribution in [2.24, 2.45) is 0 Å². The summed E-state index contributed by atoms with van der Waals surface area (Å²) in [6.07, 6.45) is 16.1. The minimum absolute atomic E-state index is 0.206. The molecule has 0 saturated carbocycles. The zero-order valence-corrected chi connectivity index (χ0v) is 27.9. The Balaban J connectivity index is 1.05. The van der Waals surface area contributed by atoms with E-state index in [-0.39, 0.29) is 12.0 Å². The van der Waals surface area contributed by atoms with E-state index in [9.17, 15) is 0 Å². The van der Waals surface area contributed by atoms with E-state index in [0.29, 0.717) is 0 Å². The number of benzene rings is 6. The standard InChI is InChI=1S/C48H38N2/c1-3-12-35(13-4-1)37-22-28-41(29-23-37)49(42-30-24-38(25-31-42)36-14-5-2-6-15-36)44-17-11-16-40(34-44)39-26-32-43(33-27-39)50-47-20-9-7-18-45(47)46-19-8-10-21-48(46)50/h1-15,17-30,32-34,40,42H,16,31H2. The Morgan fingerprint density at radius 1 is 0.520 bits per heavy atom. The highest BCUT2D eigenvalue weighted by Gasteiger charge is 2.24. The van der Waals surface area contributed by atoms with Gasteiger partial charge < -0.3 is 9.47 Å². The van der Waals surface area contributed by atoms with E-state index in [1.807, 2.05) is 0 Å². The van der Waals surface area contributed by atoms with E-state index < -0.39 is 0 Å². The molecule has 2 aliphatic carbocycles. The molecule has 2 nitrogen and oxygen atoms in total. The van der Waals surface area contributed by atoms with Crippen molar-refractivity contribution < 1.29 is 0 Å². The second-order valence-corrected chi connectivity index (χ2v) is 13.3. The lowest BCUT2D eigenvalue weighted by molar-refractivity contribution is 0.743. The maximum atomic E-state index is 2.53. The van der Waals surface area contributed by atoms with Crippen LogP contribution in [-0.2, 0) is 0 Å². The molecule has 7 aromatic rings. The summed E-state index contributed by atoms with van der Waals surface area (Å²) in [6.45, 7) is 0. The van der Waals surface area contributed by atoms with Crippen LogP contribution in [0.1, 0.15) is 29.9 Å². The van der Waals surface area contributed by atoms with E-state index in [0.717, 1.165) is 12.8 Å². The van der Waals surface area contributed by atoms with Crippen LogP contribution in [0.25, 0.3) is 44.2 Å². The van der Waals surface area contributed by atoms with Gasteiger partial charge in [0.2, 0.25) is 0 Å². The lowest BCUT2D eigenvalue weighted by Gasteiger charge is -2.36. The van der Waals surface area contributed by atoms with Crippen LogP contribution in [0.4, 0.5) is 5.69 Å². The summed E-state index contributed by atoms with van der Waals surface area (Å²) >= 11 is 0. The fourth-order valence-corrected chi connectivity index (χ4v) is 7.75. The first-order chi connectivity index (χ1) is 24.8. The number of nitrogens with zero attached hydrogens (tertiary/aromatic N) is 2. The monoisotopic (exact) mass is 642 g/mol. The van der Waals surface area contributed by atoms with E-state index in [1.54, 1.807) is 0 Å². The van der Waals surface area contributed by atoms with Crippen LogP contribution in [0.5, 0.6) is 0 Å². The molecule has 0 radical (unpaired) electrons. The molecule has 0 bridgehead atoms.